The summed E-state index contributed by atoms with van der Waals surface area (Å²) in [5, 5.41) is 2.39. The van der Waals surface area contributed by atoms with Crippen molar-refractivity contribution in [1.29, 1.82) is 0 Å². The maximum Gasteiger partial charge on any atom is 0.238 e. The Morgan fingerprint density at radius 2 is 1.04 bits per heavy atom. The highest BCUT2D eigenvalue weighted by Gasteiger charge is 2.39. The van der Waals surface area contributed by atoms with E-state index in [2.05, 4.69) is 148 Å². The second-order valence-electron chi connectivity index (χ2n) is 14.5. The Balaban J connectivity index is 1.27. The first-order valence-corrected chi connectivity index (χ1v) is 17.1. The maximum atomic E-state index is 5.36. The Bertz CT molecular complexity index is 2660. The average Bonchev–Trinajstić information content (AvgIpc) is 3.69. The summed E-state index contributed by atoms with van der Waals surface area (Å²) >= 11 is 0. The SMILES string of the molecule is CC1(C)c2ccccc2-c2ccc(-c3nc(-c4ccccc4)nc(-n4c5ccccc5c5ccc6c(c54)C(C)(C)c4ccccc4-6)n3)cc21. The van der Waals surface area contributed by atoms with Crippen LogP contribution < -0.4 is 0 Å². The number of fused-ring (bicyclic) bond motifs is 10. The molecule has 2 heterocycles. The maximum absolute atomic E-state index is 5.36. The third-order valence-electron chi connectivity index (χ3n) is 11.0. The Morgan fingerprint density at radius 3 is 1.82 bits per heavy atom. The van der Waals surface area contributed by atoms with Gasteiger partial charge in [0.25, 0.3) is 0 Å². The zero-order valence-corrected chi connectivity index (χ0v) is 28.0. The molecule has 0 radical (unpaired) electrons. The van der Waals surface area contributed by atoms with E-state index in [0.717, 1.165) is 22.2 Å². The van der Waals surface area contributed by atoms with Crippen LogP contribution in [0.3, 0.4) is 0 Å². The second-order valence-corrected chi connectivity index (χ2v) is 14.5. The monoisotopic (exact) mass is 630 g/mol. The van der Waals surface area contributed by atoms with Crippen LogP contribution in [0.5, 0.6) is 0 Å². The molecule has 8 aromatic rings. The number of aromatic nitrogens is 4. The van der Waals surface area contributed by atoms with E-state index in [-0.39, 0.29) is 10.8 Å². The van der Waals surface area contributed by atoms with Crippen LogP contribution in [-0.4, -0.2) is 19.5 Å². The lowest BCUT2D eigenvalue weighted by molar-refractivity contribution is 0.660. The first kappa shape index (κ1) is 28.2. The highest BCUT2D eigenvalue weighted by molar-refractivity contribution is 6.13. The molecule has 49 heavy (non-hydrogen) atoms. The van der Waals surface area contributed by atoms with Gasteiger partial charge in [0.2, 0.25) is 5.95 Å². The summed E-state index contributed by atoms with van der Waals surface area (Å²) < 4.78 is 2.29. The normalized spacial score (nSPS) is 14.9. The molecule has 6 aromatic carbocycles. The van der Waals surface area contributed by atoms with Crippen LogP contribution in [0, 0.1) is 0 Å². The van der Waals surface area contributed by atoms with Crippen molar-refractivity contribution < 1.29 is 0 Å². The second kappa shape index (κ2) is 9.83. The van der Waals surface area contributed by atoms with E-state index in [1.54, 1.807) is 0 Å². The van der Waals surface area contributed by atoms with E-state index in [9.17, 15) is 0 Å². The molecule has 0 aliphatic heterocycles. The fourth-order valence-electron chi connectivity index (χ4n) is 8.67. The van der Waals surface area contributed by atoms with Crippen LogP contribution in [0.15, 0.2) is 133 Å². The molecule has 0 unspecified atom stereocenters. The van der Waals surface area contributed by atoms with E-state index < -0.39 is 0 Å². The van der Waals surface area contributed by atoms with Gasteiger partial charge >= 0.3 is 0 Å². The number of benzene rings is 6. The van der Waals surface area contributed by atoms with E-state index in [0.29, 0.717) is 17.6 Å². The van der Waals surface area contributed by atoms with Crippen molar-refractivity contribution in [3.63, 3.8) is 0 Å². The Labute approximate surface area is 285 Å². The zero-order chi connectivity index (χ0) is 33.1. The molecule has 0 fully saturated rings. The van der Waals surface area contributed by atoms with E-state index in [4.69, 9.17) is 15.0 Å². The van der Waals surface area contributed by atoms with Crippen molar-refractivity contribution in [1.82, 2.24) is 19.5 Å². The Hall–Kier alpha value is -5.87. The summed E-state index contributed by atoms with van der Waals surface area (Å²) in [5.74, 6) is 1.95. The minimum absolute atomic E-state index is 0.131. The van der Waals surface area contributed by atoms with Gasteiger partial charge in [-0.3, -0.25) is 4.57 Å². The van der Waals surface area contributed by atoms with Gasteiger partial charge in [-0.05, 0) is 56.6 Å². The lowest BCUT2D eigenvalue weighted by Crippen LogP contribution is -2.17. The number of hydrogen-bond acceptors (Lipinski definition) is 3. The van der Waals surface area contributed by atoms with Crippen LogP contribution in [0.2, 0.25) is 0 Å². The summed E-state index contributed by atoms with van der Waals surface area (Å²) in [6, 6.07) is 47.8. The lowest BCUT2D eigenvalue weighted by atomic mass is 9.81. The number of hydrogen-bond donors (Lipinski definition) is 0. The number of rotatable bonds is 3. The van der Waals surface area contributed by atoms with Gasteiger partial charge in [0.1, 0.15) is 0 Å². The van der Waals surface area contributed by atoms with Gasteiger partial charge in [0, 0.05) is 32.7 Å². The smallest absolute Gasteiger partial charge is 0.238 e. The standard InChI is InChI=1S/C45H34N4/c1-44(2)35-19-11-8-16-29(35)31-23-22-28(26-37(31)44)42-46-41(27-14-6-5-7-15-27)47-43(48-42)49-38-21-13-10-18-32(38)34-25-24-33-30-17-9-12-20-36(30)45(3,4)39(33)40(34)49/h5-26H,1-4H3. The van der Waals surface area contributed by atoms with Gasteiger partial charge in [-0.25, -0.2) is 4.98 Å². The van der Waals surface area contributed by atoms with Crippen molar-refractivity contribution in [3.05, 3.63) is 156 Å². The molecule has 0 amide bonds. The molecule has 2 aliphatic rings. The molecule has 0 atom stereocenters. The van der Waals surface area contributed by atoms with Crippen molar-refractivity contribution in [2.45, 2.75) is 38.5 Å². The van der Waals surface area contributed by atoms with E-state index in [1.807, 2.05) is 18.2 Å². The first-order valence-electron chi connectivity index (χ1n) is 17.1. The third kappa shape index (κ3) is 3.83. The van der Waals surface area contributed by atoms with Crippen LogP contribution in [0.25, 0.3) is 72.8 Å². The zero-order valence-electron chi connectivity index (χ0n) is 28.0. The molecular weight excluding hydrogens is 597 g/mol. The molecule has 0 bridgehead atoms. The van der Waals surface area contributed by atoms with Crippen LogP contribution >= 0.6 is 0 Å². The largest absolute Gasteiger partial charge is 0.277 e. The highest BCUT2D eigenvalue weighted by atomic mass is 15.2. The molecule has 4 heteroatoms. The fraction of sp³-hybridized carbons (Fsp3) is 0.133. The van der Waals surface area contributed by atoms with Gasteiger partial charge < -0.3 is 0 Å². The molecule has 2 aromatic heterocycles. The summed E-state index contributed by atoms with van der Waals surface area (Å²) in [4.78, 5) is 15.8. The Morgan fingerprint density at radius 1 is 0.449 bits per heavy atom. The quantitative estimate of drug-likeness (QED) is 0.195. The molecule has 0 N–H and O–H groups in total. The van der Waals surface area contributed by atoms with Gasteiger partial charge in [0.05, 0.1) is 11.0 Å². The minimum atomic E-state index is -0.212. The predicted octanol–water partition coefficient (Wildman–Crippen LogP) is 10.9. The average molecular weight is 631 g/mol. The van der Waals surface area contributed by atoms with Crippen molar-refractivity contribution in [2.75, 3.05) is 0 Å². The summed E-state index contributed by atoms with van der Waals surface area (Å²) in [5.41, 5.74) is 14.3. The van der Waals surface area contributed by atoms with Crippen LogP contribution in [0.1, 0.15) is 49.9 Å². The number of nitrogens with zero attached hydrogens (tertiary/aromatic N) is 4. The third-order valence-corrected chi connectivity index (χ3v) is 11.0. The fourth-order valence-corrected chi connectivity index (χ4v) is 8.67. The van der Waals surface area contributed by atoms with E-state index >= 15 is 0 Å². The summed E-state index contributed by atoms with van der Waals surface area (Å²) in [6.07, 6.45) is 0. The first-order chi connectivity index (χ1) is 23.8. The molecule has 4 nitrogen and oxygen atoms in total. The molecule has 0 saturated carbocycles. The lowest BCUT2D eigenvalue weighted by Gasteiger charge is -2.23. The predicted molar refractivity (Wildman–Crippen MR) is 200 cm³/mol. The van der Waals surface area contributed by atoms with Gasteiger partial charge in [-0.1, -0.05) is 149 Å². The molecule has 234 valence electrons. The van der Waals surface area contributed by atoms with Crippen LogP contribution in [0.4, 0.5) is 0 Å². The molecule has 0 spiro atoms. The van der Waals surface area contributed by atoms with Crippen molar-refractivity contribution in [2.24, 2.45) is 0 Å². The van der Waals surface area contributed by atoms with Crippen LogP contribution in [-0.2, 0) is 10.8 Å². The van der Waals surface area contributed by atoms with Gasteiger partial charge in [-0.15, -0.1) is 0 Å². The molecule has 10 rings (SSSR count). The molecule has 0 saturated heterocycles. The minimum Gasteiger partial charge on any atom is -0.277 e. The summed E-state index contributed by atoms with van der Waals surface area (Å²) in [6.45, 7) is 9.32. The summed E-state index contributed by atoms with van der Waals surface area (Å²) in [7, 11) is 0. The highest BCUT2D eigenvalue weighted by Crippen LogP contribution is 2.53. The topological polar surface area (TPSA) is 43.6 Å². The van der Waals surface area contributed by atoms with Crippen molar-refractivity contribution >= 4 is 21.8 Å². The van der Waals surface area contributed by atoms with Gasteiger partial charge in [-0.2, -0.15) is 9.97 Å². The Kier molecular flexibility index (Phi) is 5.65. The van der Waals surface area contributed by atoms with E-state index in [1.165, 1.54) is 55.3 Å². The van der Waals surface area contributed by atoms with Gasteiger partial charge in [0.15, 0.2) is 11.6 Å². The molecular formula is C45H34N4. The number of para-hydroxylation sites is 1. The van der Waals surface area contributed by atoms with Crippen molar-refractivity contribution in [3.8, 4) is 51.0 Å². The molecule has 2 aliphatic carbocycles.